The van der Waals surface area contributed by atoms with E-state index < -0.39 is 0 Å². The van der Waals surface area contributed by atoms with Crippen molar-refractivity contribution >= 4 is 11.7 Å². The molecule has 2 aromatic rings. The number of aryl methyl sites for hydroxylation is 1. The lowest BCUT2D eigenvalue weighted by atomic mass is 9.91. The van der Waals surface area contributed by atoms with Crippen molar-refractivity contribution in [3.63, 3.8) is 0 Å². The molecule has 0 saturated heterocycles. The third-order valence-corrected chi connectivity index (χ3v) is 3.44. The van der Waals surface area contributed by atoms with E-state index in [0.717, 1.165) is 16.8 Å². The van der Waals surface area contributed by atoms with Crippen LogP contribution in [-0.4, -0.2) is 11.7 Å². The Hall–Kier alpha value is -2.42. The highest BCUT2D eigenvalue weighted by Gasteiger charge is 2.33. The summed E-state index contributed by atoms with van der Waals surface area (Å²) in [6.45, 7) is 2.04. The smallest absolute Gasteiger partial charge is 0.317 e. The average molecular weight is 265 g/mol. The Morgan fingerprint density at radius 3 is 2.65 bits per heavy atom. The zero-order chi connectivity index (χ0) is 13.9. The topological polar surface area (TPSA) is 38.7 Å². The fourth-order valence-electron chi connectivity index (χ4n) is 2.45. The summed E-state index contributed by atoms with van der Waals surface area (Å²) in [4.78, 5) is 16.8. The molecule has 2 aromatic carbocycles. The van der Waals surface area contributed by atoms with E-state index in [-0.39, 0.29) is 11.9 Å². The first-order chi connectivity index (χ1) is 9.74. The van der Waals surface area contributed by atoms with Gasteiger partial charge < -0.3 is 4.84 Å². The van der Waals surface area contributed by atoms with Gasteiger partial charge in [-0.15, -0.1) is 0 Å². The molecule has 100 valence electrons. The Morgan fingerprint density at radius 1 is 1.10 bits per heavy atom. The molecule has 0 aromatic heterocycles. The number of rotatable bonds is 3. The first kappa shape index (κ1) is 12.6. The first-order valence-electron chi connectivity index (χ1n) is 6.64. The van der Waals surface area contributed by atoms with Gasteiger partial charge in [0.1, 0.15) is 11.6 Å². The molecular formula is C17H15NO2. The summed E-state index contributed by atoms with van der Waals surface area (Å²) in [6.07, 6.45) is 0.619. The van der Waals surface area contributed by atoms with Gasteiger partial charge in [-0.3, -0.25) is 0 Å². The molecule has 1 heterocycles. The van der Waals surface area contributed by atoms with E-state index in [1.165, 1.54) is 5.56 Å². The van der Waals surface area contributed by atoms with Crippen LogP contribution in [-0.2, 0) is 16.1 Å². The van der Waals surface area contributed by atoms with Crippen molar-refractivity contribution in [2.24, 2.45) is 11.1 Å². The largest absolute Gasteiger partial charge is 0.344 e. The SMILES string of the molecule is Cc1cccc(CC2C(=O)ON=C2c2ccccc2)c1. The quantitative estimate of drug-likeness (QED) is 0.800. The summed E-state index contributed by atoms with van der Waals surface area (Å²) in [5.74, 6) is -0.593. The minimum Gasteiger partial charge on any atom is -0.317 e. The molecule has 3 rings (SSSR count). The third-order valence-electron chi connectivity index (χ3n) is 3.44. The van der Waals surface area contributed by atoms with Gasteiger partial charge in [0.05, 0.1) is 0 Å². The molecule has 0 spiro atoms. The summed E-state index contributed by atoms with van der Waals surface area (Å²) >= 11 is 0. The van der Waals surface area contributed by atoms with Crippen molar-refractivity contribution in [1.29, 1.82) is 0 Å². The van der Waals surface area contributed by atoms with E-state index in [9.17, 15) is 4.79 Å². The standard InChI is InChI=1S/C17H15NO2/c1-12-6-5-7-13(10-12)11-15-16(18-20-17(15)19)14-8-3-2-4-9-14/h2-10,15H,11H2,1H3. The molecule has 1 aliphatic rings. The van der Waals surface area contributed by atoms with Crippen molar-refractivity contribution in [3.05, 3.63) is 71.3 Å². The van der Waals surface area contributed by atoms with Crippen LogP contribution in [0.15, 0.2) is 59.8 Å². The Kier molecular flexibility index (Phi) is 3.33. The lowest BCUT2D eigenvalue weighted by Gasteiger charge is -2.09. The van der Waals surface area contributed by atoms with Crippen LogP contribution < -0.4 is 0 Å². The fourth-order valence-corrected chi connectivity index (χ4v) is 2.45. The lowest BCUT2D eigenvalue weighted by molar-refractivity contribution is -0.143. The molecule has 20 heavy (non-hydrogen) atoms. The number of benzene rings is 2. The van der Waals surface area contributed by atoms with E-state index in [1.807, 2.05) is 55.5 Å². The summed E-state index contributed by atoms with van der Waals surface area (Å²) in [6, 6.07) is 17.9. The predicted octanol–water partition coefficient (Wildman–Crippen LogP) is 3.11. The first-order valence-corrected chi connectivity index (χ1v) is 6.64. The molecule has 1 atom stereocenters. The zero-order valence-electron chi connectivity index (χ0n) is 11.2. The monoisotopic (exact) mass is 265 g/mol. The third kappa shape index (κ3) is 2.48. The molecule has 0 aliphatic carbocycles. The minimum absolute atomic E-state index is 0.273. The lowest BCUT2D eigenvalue weighted by Crippen LogP contribution is -2.21. The van der Waals surface area contributed by atoms with Gasteiger partial charge in [-0.2, -0.15) is 0 Å². The van der Waals surface area contributed by atoms with E-state index in [2.05, 4.69) is 11.2 Å². The van der Waals surface area contributed by atoms with Crippen molar-refractivity contribution in [2.75, 3.05) is 0 Å². The highest BCUT2D eigenvalue weighted by Crippen LogP contribution is 2.22. The van der Waals surface area contributed by atoms with Crippen LogP contribution in [0.4, 0.5) is 0 Å². The fraction of sp³-hybridized carbons (Fsp3) is 0.176. The second kappa shape index (κ2) is 5.29. The molecule has 1 unspecified atom stereocenters. The van der Waals surface area contributed by atoms with E-state index in [4.69, 9.17) is 4.84 Å². The molecule has 0 radical (unpaired) electrons. The van der Waals surface area contributed by atoms with Gasteiger partial charge in [0.15, 0.2) is 0 Å². The van der Waals surface area contributed by atoms with Crippen LogP contribution in [0.3, 0.4) is 0 Å². The van der Waals surface area contributed by atoms with Gasteiger partial charge in [0.2, 0.25) is 0 Å². The van der Waals surface area contributed by atoms with Crippen molar-refractivity contribution < 1.29 is 9.63 Å². The molecule has 0 bridgehead atoms. The second-order valence-electron chi connectivity index (χ2n) is 5.00. The second-order valence-corrected chi connectivity index (χ2v) is 5.00. The number of nitrogens with zero attached hydrogens (tertiary/aromatic N) is 1. The summed E-state index contributed by atoms with van der Waals surface area (Å²) in [5.41, 5.74) is 3.97. The number of hydrogen-bond acceptors (Lipinski definition) is 3. The normalized spacial score (nSPS) is 17.8. The molecule has 3 heteroatoms. The maximum atomic E-state index is 11.9. The highest BCUT2D eigenvalue weighted by atomic mass is 16.7. The molecule has 3 nitrogen and oxygen atoms in total. The Morgan fingerprint density at radius 2 is 1.90 bits per heavy atom. The number of oxime groups is 1. The summed E-state index contributed by atoms with van der Waals surface area (Å²) in [7, 11) is 0. The summed E-state index contributed by atoms with van der Waals surface area (Å²) < 4.78 is 0. The maximum absolute atomic E-state index is 11.9. The van der Waals surface area contributed by atoms with Crippen LogP contribution in [0.5, 0.6) is 0 Å². The van der Waals surface area contributed by atoms with Gasteiger partial charge in [0, 0.05) is 5.56 Å². The van der Waals surface area contributed by atoms with E-state index in [0.29, 0.717) is 6.42 Å². The highest BCUT2D eigenvalue weighted by molar-refractivity contribution is 6.14. The van der Waals surface area contributed by atoms with E-state index >= 15 is 0 Å². The number of carbonyl (C=O) groups excluding carboxylic acids is 1. The molecule has 1 aliphatic heterocycles. The Bertz CT molecular complexity index is 662. The Labute approximate surface area is 117 Å². The van der Waals surface area contributed by atoms with Gasteiger partial charge in [0.25, 0.3) is 0 Å². The maximum Gasteiger partial charge on any atom is 0.344 e. The van der Waals surface area contributed by atoms with Crippen molar-refractivity contribution in [2.45, 2.75) is 13.3 Å². The molecular weight excluding hydrogens is 250 g/mol. The molecule has 0 saturated carbocycles. The Balaban J connectivity index is 1.87. The van der Waals surface area contributed by atoms with Gasteiger partial charge in [-0.05, 0) is 18.9 Å². The van der Waals surface area contributed by atoms with Crippen LogP contribution >= 0.6 is 0 Å². The molecule has 0 N–H and O–H groups in total. The molecule has 0 amide bonds. The van der Waals surface area contributed by atoms with Gasteiger partial charge in [-0.1, -0.05) is 65.3 Å². The zero-order valence-corrected chi connectivity index (χ0v) is 11.2. The van der Waals surface area contributed by atoms with Crippen LogP contribution in [0.1, 0.15) is 16.7 Å². The van der Waals surface area contributed by atoms with E-state index in [1.54, 1.807) is 0 Å². The van der Waals surface area contributed by atoms with Crippen LogP contribution in [0.2, 0.25) is 0 Å². The van der Waals surface area contributed by atoms with Crippen LogP contribution in [0, 0.1) is 12.8 Å². The van der Waals surface area contributed by atoms with Crippen LogP contribution in [0.25, 0.3) is 0 Å². The van der Waals surface area contributed by atoms with Crippen molar-refractivity contribution in [1.82, 2.24) is 0 Å². The average Bonchev–Trinajstić information content (AvgIpc) is 2.81. The number of carbonyl (C=O) groups is 1. The van der Waals surface area contributed by atoms with Crippen molar-refractivity contribution in [3.8, 4) is 0 Å². The minimum atomic E-state index is -0.320. The number of hydrogen-bond donors (Lipinski definition) is 0. The predicted molar refractivity (Wildman–Crippen MR) is 77.4 cm³/mol. The van der Waals surface area contributed by atoms with Gasteiger partial charge >= 0.3 is 5.97 Å². The summed E-state index contributed by atoms with van der Waals surface area (Å²) in [5, 5.41) is 3.95. The molecule has 0 fully saturated rings. The van der Waals surface area contributed by atoms with Gasteiger partial charge in [-0.25, -0.2) is 4.79 Å².